The van der Waals surface area contributed by atoms with E-state index in [0.29, 0.717) is 23.1 Å². The lowest BCUT2D eigenvalue weighted by Crippen LogP contribution is -2.41. The van der Waals surface area contributed by atoms with Gasteiger partial charge in [0.15, 0.2) is 0 Å². The third-order valence-electron chi connectivity index (χ3n) is 6.38. The lowest BCUT2D eigenvalue weighted by atomic mass is 9.72. The van der Waals surface area contributed by atoms with Gasteiger partial charge in [0.2, 0.25) is 0 Å². The number of hydrogen-bond donors (Lipinski definition) is 1. The molecule has 5 heteroatoms. The molecule has 0 amide bonds. The van der Waals surface area contributed by atoms with Crippen LogP contribution in [0.2, 0.25) is 5.02 Å². The fourth-order valence-electron chi connectivity index (χ4n) is 4.47. The average Bonchev–Trinajstić information content (AvgIpc) is 2.78. The molecule has 0 saturated heterocycles. The van der Waals surface area contributed by atoms with Crippen molar-refractivity contribution in [2.24, 2.45) is 0 Å². The topological polar surface area (TPSA) is 47.9 Å². The first-order valence-electron chi connectivity index (χ1n) is 11.2. The van der Waals surface area contributed by atoms with Crippen LogP contribution in [0, 0.1) is 0 Å². The van der Waals surface area contributed by atoms with Gasteiger partial charge in [0.1, 0.15) is 36.1 Å². The van der Waals surface area contributed by atoms with E-state index in [9.17, 15) is 5.11 Å². The van der Waals surface area contributed by atoms with Crippen molar-refractivity contribution in [2.45, 2.75) is 50.7 Å². The van der Waals surface area contributed by atoms with E-state index in [1.165, 1.54) is 0 Å². The summed E-state index contributed by atoms with van der Waals surface area (Å²) in [5.74, 6) is 1.97. The second-order valence-electron chi connectivity index (χ2n) is 9.39. The number of aliphatic hydroxyl groups excluding tert-OH is 1. The van der Waals surface area contributed by atoms with E-state index in [4.69, 9.17) is 25.8 Å². The van der Waals surface area contributed by atoms with Crippen molar-refractivity contribution in [2.75, 3.05) is 13.2 Å². The van der Waals surface area contributed by atoms with Crippen LogP contribution in [0.4, 0.5) is 0 Å². The maximum Gasteiger partial charge on any atom is 0.142 e. The number of ether oxygens (including phenoxy) is 3. The number of aliphatic hydroxyl groups is 1. The van der Waals surface area contributed by atoms with E-state index in [-0.39, 0.29) is 12.2 Å². The number of aryl methyl sites for hydroxylation is 1. The molecule has 1 N–H and O–H groups in total. The normalized spacial score (nSPS) is 22.4. The molecule has 2 aliphatic rings. The summed E-state index contributed by atoms with van der Waals surface area (Å²) in [5.41, 5.74) is 2.21. The van der Waals surface area contributed by atoms with Crippen LogP contribution in [0.1, 0.15) is 55.5 Å². The SMILES string of the molecule is C=CCCc1ccc(C2(C)COc3c(ccc4c3C=CC(C)(C)O4)C2O)c(OCC=C)c1Cl. The molecule has 2 aromatic rings. The summed E-state index contributed by atoms with van der Waals surface area (Å²) in [4.78, 5) is 0. The van der Waals surface area contributed by atoms with Crippen LogP contribution in [0.3, 0.4) is 0 Å². The van der Waals surface area contributed by atoms with Gasteiger partial charge in [0.25, 0.3) is 0 Å². The van der Waals surface area contributed by atoms with E-state index in [1.54, 1.807) is 6.08 Å². The molecule has 174 valence electrons. The van der Waals surface area contributed by atoms with Crippen molar-refractivity contribution >= 4 is 17.7 Å². The summed E-state index contributed by atoms with van der Waals surface area (Å²) in [6.07, 6.45) is 8.32. The van der Waals surface area contributed by atoms with Gasteiger partial charge in [-0.15, -0.1) is 6.58 Å². The van der Waals surface area contributed by atoms with Crippen molar-refractivity contribution < 1.29 is 19.3 Å². The van der Waals surface area contributed by atoms with Crippen molar-refractivity contribution in [3.05, 3.63) is 82.9 Å². The molecule has 2 aliphatic heterocycles. The molecule has 0 saturated carbocycles. The minimum Gasteiger partial charge on any atom is -0.491 e. The van der Waals surface area contributed by atoms with Crippen LogP contribution in [-0.4, -0.2) is 23.9 Å². The van der Waals surface area contributed by atoms with Gasteiger partial charge in [-0.1, -0.05) is 42.5 Å². The highest BCUT2D eigenvalue weighted by molar-refractivity contribution is 6.33. The summed E-state index contributed by atoms with van der Waals surface area (Å²) in [7, 11) is 0. The van der Waals surface area contributed by atoms with E-state index < -0.39 is 11.5 Å². The molecule has 33 heavy (non-hydrogen) atoms. The first-order valence-corrected chi connectivity index (χ1v) is 11.6. The Morgan fingerprint density at radius 3 is 2.70 bits per heavy atom. The highest BCUT2D eigenvalue weighted by Crippen LogP contribution is 2.52. The summed E-state index contributed by atoms with van der Waals surface area (Å²) in [5, 5.41) is 12.2. The van der Waals surface area contributed by atoms with Gasteiger partial charge < -0.3 is 19.3 Å². The molecule has 0 spiro atoms. The predicted octanol–water partition coefficient (Wildman–Crippen LogP) is 6.59. The van der Waals surface area contributed by atoms with Gasteiger partial charge in [-0.05, 0) is 63.5 Å². The average molecular weight is 467 g/mol. The molecule has 0 fully saturated rings. The summed E-state index contributed by atoms with van der Waals surface area (Å²) in [6.45, 7) is 14.1. The molecule has 2 unspecified atom stereocenters. The van der Waals surface area contributed by atoms with Crippen LogP contribution >= 0.6 is 11.6 Å². The Kier molecular flexibility index (Phi) is 6.35. The zero-order valence-corrected chi connectivity index (χ0v) is 20.2. The minimum atomic E-state index is -0.823. The van der Waals surface area contributed by atoms with Crippen molar-refractivity contribution in [1.82, 2.24) is 0 Å². The van der Waals surface area contributed by atoms with Gasteiger partial charge in [-0.25, -0.2) is 0 Å². The highest BCUT2D eigenvalue weighted by Gasteiger charge is 2.45. The Bertz CT molecular complexity index is 1120. The Hall–Kier alpha value is -2.69. The zero-order chi connectivity index (χ0) is 23.8. The first kappa shape index (κ1) is 23.5. The first-order chi connectivity index (χ1) is 15.7. The fourth-order valence-corrected chi connectivity index (χ4v) is 4.79. The number of benzene rings is 2. The standard InChI is InChI=1S/C28H31ClO4/c1-6-8-9-18-10-12-21(25(23(18)29)31-16-7-2)28(5)17-32-24-19-14-15-27(3,4)33-22(19)13-11-20(24)26(28)30/h6-7,10-15,26,30H,1-2,8-9,16-17H2,3-5H3. The second kappa shape index (κ2) is 8.92. The Morgan fingerprint density at radius 2 is 1.97 bits per heavy atom. The summed E-state index contributed by atoms with van der Waals surface area (Å²) < 4.78 is 18.4. The Morgan fingerprint density at radius 1 is 1.18 bits per heavy atom. The lowest BCUT2D eigenvalue weighted by Gasteiger charge is -2.42. The monoisotopic (exact) mass is 466 g/mol. The molecule has 4 nitrogen and oxygen atoms in total. The number of halogens is 1. The Labute approximate surface area is 201 Å². The molecule has 2 heterocycles. The summed E-state index contributed by atoms with van der Waals surface area (Å²) in [6, 6.07) is 7.78. The van der Waals surface area contributed by atoms with Gasteiger partial charge in [-0.3, -0.25) is 0 Å². The van der Waals surface area contributed by atoms with E-state index in [0.717, 1.165) is 40.8 Å². The maximum absolute atomic E-state index is 11.6. The molecule has 0 radical (unpaired) electrons. The number of fused-ring (bicyclic) bond motifs is 3. The smallest absolute Gasteiger partial charge is 0.142 e. The molecule has 2 atom stereocenters. The van der Waals surface area contributed by atoms with Crippen LogP contribution < -0.4 is 14.2 Å². The van der Waals surface area contributed by atoms with Gasteiger partial charge in [0, 0.05) is 11.1 Å². The molecular weight excluding hydrogens is 436 g/mol. The van der Waals surface area contributed by atoms with E-state index in [1.807, 2.05) is 63.3 Å². The van der Waals surface area contributed by atoms with Gasteiger partial charge >= 0.3 is 0 Å². The van der Waals surface area contributed by atoms with Crippen molar-refractivity contribution in [3.8, 4) is 17.2 Å². The molecule has 2 aromatic carbocycles. The number of allylic oxidation sites excluding steroid dienone is 1. The lowest BCUT2D eigenvalue weighted by molar-refractivity contribution is 0.0300. The van der Waals surface area contributed by atoms with Crippen LogP contribution in [-0.2, 0) is 11.8 Å². The summed E-state index contributed by atoms with van der Waals surface area (Å²) >= 11 is 6.79. The third-order valence-corrected chi connectivity index (χ3v) is 6.80. The highest BCUT2D eigenvalue weighted by atomic mass is 35.5. The third kappa shape index (κ3) is 4.18. The molecule has 0 bridgehead atoms. The molecular formula is C28H31ClO4. The van der Waals surface area contributed by atoms with Crippen molar-refractivity contribution in [3.63, 3.8) is 0 Å². The second-order valence-corrected chi connectivity index (χ2v) is 9.76. The minimum absolute atomic E-state index is 0.266. The molecule has 0 aromatic heterocycles. The number of rotatable bonds is 7. The van der Waals surface area contributed by atoms with Crippen LogP contribution in [0.25, 0.3) is 6.08 Å². The van der Waals surface area contributed by atoms with Crippen LogP contribution in [0.15, 0.2) is 55.7 Å². The van der Waals surface area contributed by atoms with E-state index in [2.05, 4.69) is 13.2 Å². The van der Waals surface area contributed by atoms with Gasteiger partial charge in [-0.2, -0.15) is 0 Å². The molecule has 0 aliphatic carbocycles. The largest absolute Gasteiger partial charge is 0.491 e. The maximum atomic E-state index is 11.6. The Balaban J connectivity index is 1.77. The van der Waals surface area contributed by atoms with Crippen LogP contribution in [0.5, 0.6) is 17.2 Å². The van der Waals surface area contributed by atoms with Gasteiger partial charge in [0.05, 0.1) is 22.1 Å². The van der Waals surface area contributed by atoms with E-state index >= 15 is 0 Å². The van der Waals surface area contributed by atoms with Crippen molar-refractivity contribution in [1.29, 1.82) is 0 Å². The number of hydrogen-bond acceptors (Lipinski definition) is 4. The molecule has 4 rings (SSSR count). The fraction of sp³-hybridized carbons (Fsp3) is 0.357. The predicted molar refractivity (Wildman–Crippen MR) is 134 cm³/mol. The quantitative estimate of drug-likeness (QED) is 0.467. The zero-order valence-electron chi connectivity index (χ0n) is 19.5.